The van der Waals surface area contributed by atoms with Crippen LogP contribution in [0.15, 0.2) is 73.2 Å². The Bertz CT molecular complexity index is 1270. The molecule has 0 unspecified atom stereocenters. The van der Waals surface area contributed by atoms with Crippen LogP contribution in [0.2, 0.25) is 0 Å². The maximum Gasteiger partial charge on any atom is 0.534 e. The van der Waals surface area contributed by atoms with Crippen LogP contribution < -0.4 is 4.18 Å². The molecule has 148 valence electrons. The van der Waals surface area contributed by atoms with Crippen molar-refractivity contribution < 1.29 is 25.8 Å². The molecule has 0 aliphatic rings. The predicted octanol–water partition coefficient (Wildman–Crippen LogP) is 5.13. The highest BCUT2D eigenvalue weighted by Crippen LogP contribution is 2.36. The number of hydrogen-bond acceptors (Lipinski definition) is 4. The largest absolute Gasteiger partial charge is 0.534 e. The van der Waals surface area contributed by atoms with Crippen LogP contribution in [-0.2, 0) is 10.1 Å². The van der Waals surface area contributed by atoms with Gasteiger partial charge in [-0.25, -0.2) is 4.98 Å². The number of imidazole rings is 1. The van der Waals surface area contributed by atoms with E-state index >= 15 is 0 Å². The number of alkyl halides is 3. The van der Waals surface area contributed by atoms with Crippen LogP contribution >= 0.6 is 0 Å². The summed E-state index contributed by atoms with van der Waals surface area (Å²) in [4.78, 5) is 6.98. The smallest absolute Gasteiger partial charge is 0.375 e. The number of nitrogens with one attached hydrogen (secondary N) is 1. The van der Waals surface area contributed by atoms with Gasteiger partial charge in [0, 0.05) is 5.39 Å². The van der Waals surface area contributed by atoms with E-state index in [4.69, 9.17) is 0 Å². The molecule has 0 radical (unpaired) electrons. The first-order valence-electron chi connectivity index (χ1n) is 8.38. The number of nitrogens with zero attached hydrogens (tertiary/aromatic N) is 1. The maximum absolute atomic E-state index is 12.7. The number of benzene rings is 3. The third kappa shape index (κ3) is 3.56. The normalized spacial score (nSPS) is 12.2. The molecular formula is C20H13F3N2O3S. The second-order valence-electron chi connectivity index (χ2n) is 6.18. The highest BCUT2D eigenvalue weighted by atomic mass is 32.2. The van der Waals surface area contributed by atoms with Crippen LogP contribution in [-0.4, -0.2) is 23.9 Å². The molecule has 0 bridgehead atoms. The van der Waals surface area contributed by atoms with E-state index in [9.17, 15) is 21.6 Å². The van der Waals surface area contributed by atoms with Crippen LogP contribution in [0, 0.1) is 0 Å². The average Bonchev–Trinajstić information content (AvgIpc) is 3.22. The molecule has 0 amide bonds. The van der Waals surface area contributed by atoms with Gasteiger partial charge < -0.3 is 9.17 Å². The van der Waals surface area contributed by atoms with E-state index in [0.717, 1.165) is 22.4 Å². The summed E-state index contributed by atoms with van der Waals surface area (Å²) >= 11 is 0. The standard InChI is InChI=1S/C20H13F3N2O3S/c21-20(22,23)29(26,27)28-19-6-2-4-16-15(3-1-5-17(16)19)13-7-9-14(10-8-13)18-11-24-12-25-18/h1-12H,(H,24,25). The van der Waals surface area contributed by atoms with Crippen LogP contribution in [0.25, 0.3) is 33.2 Å². The number of aromatic nitrogens is 2. The van der Waals surface area contributed by atoms with Gasteiger partial charge in [-0.05, 0) is 28.1 Å². The average molecular weight is 418 g/mol. The molecule has 5 nitrogen and oxygen atoms in total. The van der Waals surface area contributed by atoms with Crippen molar-refractivity contribution in [3.8, 4) is 28.1 Å². The number of hydrogen-bond donors (Lipinski definition) is 1. The fraction of sp³-hybridized carbons (Fsp3) is 0.0500. The van der Waals surface area contributed by atoms with Crippen LogP contribution in [0.3, 0.4) is 0 Å². The Morgan fingerprint density at radius 2 is 1.52 bits per heavy atom. The Kier molecular flexibility index (Phi) is 4.54. The molecule has 9 heteroatoms. The van der Waals surface area contributed by atoms with Gasteiger partial charge in [0.2, 0.25) is 0 Å². The van der Waals surface area contributed by atoms with Crippen molar-refractivity contribution in [2.75, 3.05) is 0 Å². The second-order valence-corrected chi connectivity index (χ2v) is 7.72. The van der Waals surface area contributed by atoms with Crippen LogP contribution in [0.5, 0.6) is 5.75 Å². The molecule has 29 heavy (non-hydrogen) atoms. The molecule has 4 rings (SSSR count). The highest BCUT2D eigenvalue weighted by molar-refractivity contribution is 7.88. The Morgan fingerprint density at radius 1 is 0.862 bits per heavy atom. The molecule has 0 aliphatic heterocycles. The van der Waals surface area contributed by atoms with Gasteiger partial charge in [0.05, 0.1) is 18.2 Å². The third-order valence-corrected chi connectivity index (χ3v) is 5.34. The molecular weight excluding hydrogens is 405 g/mol. The molecule has 1 N–H and O–H groups in total. The lowest BCUT2D eigenvalue weighted by atomic mass is 9.97. The number of aromatic amines is 1. The fourth-order valence-electron chi connectivity index (χ4n) is 3.01. The van der Waals surface area contributed by atoms with Gasteiger partial charge in [-0.15, -0.1) is 0 Å². The molecule has 3 aromatic carbocycles. The summed E-state index contributed by atoms with van der Waals surface area (Å²) in [6.45, 7) is 0. The Morgan fingerprint density at radius 3 is 2.17 bits per heavy atom. The van der Waals surface area contributed by atoms with E-state index in [1.165, 1.54) is 18.2 Å². The molecule has 1 heterocycles. The van der Waals surface area contributed by atoms with Crippen molar-refractivity contribution in [1.82, 2.24) is 9.97 Å². The van der Waals surface area contributed by atoms with Gasteiger partial charge in [-0.3, -0.25) is 0 Å². The van der Waals surface area contributed by atoms with Crippen molar-refractivity contribution in [2.24, 2.45) is 0 Å². The molecule has 0 saturated carbocycles. The van der Waals surface area contributed by atoms with Crippen LogP contribution in [0.4, 0.5) is 13.2 Å². The van der Waals surface area contributed by atoms with E-state index in [2.05, 4.69) is 14.2 Å². The van der Waals surface area contributed by atoms with E-state index in [-0.39, 0.29) is 11.1 Å². The molecule has 4 aromatic rings. The van der Waals surface area contributed by atoms with Crippen molar-refractivity contribution in [2.45, 2.75) is 5.51 Å². The zero-order valence-electron chi connectivity index (χ0n) is 14.6. The number of H-pyrrole nitrogens is 1. The molecule has 0 fully saturated rings. The van der Waals surface area contributed by atoms with Crippen molar-refractivity contribution in [3.05, 3.63) is 73.2 Å². The van der Waals surface area contributed by atoms with Gasteiger partial charge in [-0.2, -0.15) is 21.6 Å². The van der Waals surface area contributed by atoms with Gasteiger partial charge in [0.25, 0.3) is 0 Å². The Hall–Kier alpha value is -3.33. The van der Waals surface area contributed by atoms with Gasteiger partial charge in [0.15, 0.2) is 5.75 Å². The zero-order chi connectivity index (χ0) is 20.6. The molecule has 0 saturated heterocycles. The summed E-state index contributed by atoms with van der Waals surface area (Å²) in [6.07, 6.45) is 3.27. The third-order valence-electron chi connectivity index (χ3n) is 4.37. The summed E-state index contributed by atoms with van der Waals surface area (Å²) in [7, 11) is -5.76. The highest BCUT2D eigenvalue weighted by Gasteiger charge is 2.48. The minimum atomic E-state index is -5.76. The minimum Gasteiger partial charge on any atom is -0.375 e. The molecule has 0 spiro atoms. The summed E-state index contributed by atoms with van der Waals surface area (Å²) in [5.41, 5.74) is -2.19. The fourth-order valence-corrected chi connectivity index (χ4v) is 3.49. The van der Waals surface area contributed by atoms with Crippen molar-refractivity contribution in [1.29, 1.82) is 0 Å². The quantitative estimate of drug-likeness (QED) is 0.369. The summed E-state index contributed by atoms with van der Waals surface area (Å²) in [5.74, 6) is -0.379. The monoisotopic (exact) mass is 418 g/mol. The van der Waals surface area contributed by atoms with E-state index in [1.54, 1.807) is 30.7 Å². The zero-order valence-corrected chi connectivity index (χ0v) is 15.5. The Labute approximate surface area is 163 Å². The lowest BCUT2D eigenvalue weighted by molar-refractivity contribution is -0.0499. The number of fused-ring (bicyclic) bond motifs is 1. The summed E-state index contributed by atoms with van der Waals surface area (Å²) in [6, 6.07) is 16.8. The summed E-state index contributed by atoms with van der Waals surface area (Å²) in [5, 5.41) is 0.826. The van der Waals surface area contributed by atoms with Crippen molar-refractivity contribution in [3.63, 3.8) is 0 Å². The van der Waals surface area contributed by atoms with E-state index < -0.39 is 15.6 Å². The van der Waals surface area contributed by atoms with E-state index in [1.807, 2.05) is 24.3 Å². The summed E-state index contributed by atoms with van der Waals surface area (Å²) < 4.78 is 65.3. The Balaban J connectivity index is 1.78. The van der Waals surface area contributed by atoms with Crippen LogP contribution in [0.1, 0.15) is 0 Å². The molecule has 1 aromatic heterocycles. The van der Waals surface area contributed by atoms with Crippen molar-refractivity contribution >= 4 is 20.9 Å². The number of halogens is 3. The second kappa shape index (κ2) is 6.93. The SMILES string of the molecule is O=S(=O)(Oc1cccc2c(-c3ccc(-c4cnc[nH]4)cc3)cccc12)C(F)(F)F. The lowest BCUT2D eigenvalue weighted by Crippen LogP contribution is -2.28. The maximum atomic E-state index is 12.7. The first-order valence-corrected chi connectivity index (χ1v) is 9.79. The van der Waals surface area contributed by atoms with Gasteiger partial charge in [-0.1, -0.05) is 54.6 Å². The topological polar surface area (TPSA) is 72.1 Å². The van der Waals surface area contributed by atoms with Gasteiger partial charge in [0.1, 0.15) is 0 Å². The first-order chi connectivity index (χ1) is 13.8. The van der Waals surface area contributed by atoms with Gasteiger partial charge >= 0.3 is 15.6 Å². The minimum absolute atomic E-state index is 0.260. The predicted molar refractivity (Wildman–Crippen MR) is 103 cm³/mol. The van der Waals surface area contributed by atoms with E-state index in [0.29, 0.717) is 5.39 Å². The lowest BCUT2D eigenvalue weighted by Gasteiger charge is -2.13. The molecule has 0 atom stereocenters. The first kappa shape index (κ1) is 19.0. The molecule has 0 aliphatic carbocycles. The number of rotatable bonds is 4.